The van der Waals surface area contributed by atoms with Crippen molar-refractivity contribution in [2.45, 2.75) is 0 Å². The summed E-state index contributed by atoms with van der Waals surface area (Å²) in [6, 6.07) is 156. The Balaban J connectivity index is 0.000000139. The molecule has 25 aromatic rings. The van der Waals surface area contributed by atoms with Crippen LogP contribution in [-0.4, -0.2) is 29.1 Å². The van der Waals surface area contributed by atoms with Gasteiger partial charge in [-0.3, -0.25) is 0 Å². The summed E-state index contributed by atoms with van der Waals surface area (Å²) in [5.41, 5.74) is 28.0. The lowest BCUT2D eigenvalue weighted by Gasteiger charge is -2.14. The number of nitrogens with zero attached hydrogens (tertiary/aromatic N) is 6. The van der Waals surface area contributed by atoms with Gasteiger partial charge >= 0.3 is 0 Å². The minimum Gasteiger partial charge on any atom is -0.456 e. The second-order valence-corrected chi connectivity index (χ2v) is 31.8. The molecule has 0 aliphatic heterocycles. The minimum absolute atomic E-state index is 0.692. The molecule has 20 aromatic carbocycles. The average Bonchev–Trinajstić information content (AvgIpc) is 1.55. The first-order valence-corrected chi connectivity index (χ1v) is 41.9. The maximum atomic E-state index is 6.42. The third-order valence-corrected chi connectivity index (χ3v) is 24.7. The molecule has 5 heterocycles. The lowest BCUT2D eigenvalue weighted by atomic mass is 9.91. The third kappa shape index (κ3) is 12.1. The van der Waals surface area contributed by atoms with Gasteiger partial charge in [0.2, 0.25) is 0 Å². The molecule has 0 saturated carbocycles. The molecule has 0 aliphatic rings. The molecule has 0 aliphatic carbocycles. The molecule has 0 radical (unpaired) electrons. The Morgan fingerprint density at radius 3 is 1.11 bits per heavy atom. The number of aromatic nitrogens is 6. The van der Waals surface area contributed by atoms with E-state index in [2.05, 4.69) is 434 Å². The summed E-state index contributed by atoms with van der Waals surface area (Å²) in [5, 5.41) is 19.2. The fourth-order valence-corrected chi connectivity index (χ4v) is 19.0. The van der Waals surface area contributed by atoms with Crippen molar-refractivity contribution in [2.24, 2.45) is 0 Å². The molecule has 0 spiro atoms. The maximum Gasteiger partial charge on any atom is 0.160 e. The normalized spacial score (nSPS) is 11.7. The van der Waals surface area contributed by atoms with Crippen molar-refractivity contribution >= 4 is 130 Å². The van der Waals surface area contributed by atoms with Crippen molar-refractivity contribution in [3.8, 4) is 112 Å². The summed E-state index contributed by atoms with van der Waals surface area (Å²) in [4.78, 5) is 21.0. The van der Waals surface area contributed by atoms with Gasteiger partial charge < -0.3 is 13.6 Å². The first-order valence-electron chi connectivity index (χ1n) is 41.9. The Labute approximate surface area is 708 Å². The molecule has 0 unspecified atom stereocenters. The van der Waals surface area contributed by atoms with Crippen LogP contribution in [0, 0.1) is 0 Å². The summed E-state index contributed by atoms with van der Waals surface area (Å²) in [7, 11) is 0. The molecule has 5 aromatic heterocycles. The van der Waals surface area contributed by atoms with Gasteiger partial charge in [0.05, 0.1) is 44.5 Å². The second-order valence-electron chi connectivity index (χ2n) is 31.8. The SMILES string of the molecule is c1ccc(-c2cc(-c3ccccc3)cc(-c3nc(-c4ccc(-n5c6ccc7ccccc7c6c6c7ccc(-c8ccccc8)cc7ccc65)cc4)nc4ccccc34)c2)cc1.c1ccc(-c2cccc(-c3nc(-c4ccc(-n5c6ccc7ccccc7c6c6c7ccccc7c(-c7cccc8oc9ccccc9c78)cc65)cc4)nc4ccccc34)c2)cc1. The Morgan fingerprint density at radius 2 is 0.553 bits per heavy atom. The van der Waals surface area contributed by atoms with Crippen LogP contribution in [0.2, 0.25) is 0 Å². The van der Waals surface area contributed by atoms with Crippen LogP contribution in [0.3, 0.4) is 0 Å². The zero-order valence-corrected chi connectivity index (χ0v) is 66.7. The largest absolute Gasteiger partial charge is 0.456 e. The molecule has 0 N–H and O–H groups in total. The summed E-state index contributed by atoms with van der Waals surface area (Å²) >= 11 is 0. The highest BCUT2D eigenvalue weighted by atomic mass is 16.3. The Hall–Kier alpha value is -16.5. The van der Waals surface area contributed by atoms with Crippen molar-refractivity contribution < 1.29 is 4.42 Å². The fraction of sp³-hybridized carbons (Fsp3) is 0. The van der Waals surface area contributed by atoms with Crippen molar-refractivity contribution in [3.63, 3.8) is 0 Å². The van der Waals surface area contributed by atoms with Crippen LogP contribution in [0.5, 0.6) is 0 Å². The van der Waals surface area contributed by atoms with Crippen LogP contribution in [0.25, 0.3) is 243 Å². The summed E-state index contributed by atoms with van der Waals surface area (Å²) in [6.45, 7) is 0. The van der Waals surface area contributed by atoms with E-state index in [0.717, 1.165) is 122 Å². The molecule has 0 saturated heterocycles. The van der Waals surface area contributed by atoms with E-state index in [1.165, 1.54) is 109 Å². The van der Waals surface area contributed by atoms with Crippen LogP contribution in [0.4, 0.5) is 0 Å². The van der Waals surface area contributed by atoms with Crippen molar-refractivity contribution in [3.05, 3.63) is 437 Å². The number of furan rings is 1. The molecule has 0 amide bonds. The van der Waals surface area contributed by atoms with Gasteiger partial charge in [0.15, 0.2) is 11.6 Å². The third-order valence-electron chi connectivity index (χ3n) is 24.7. The molecule has 123 heavy (non-hydrogen) atoms. The lowest BCUT2D eigenvalue weighted by Crippen LogP contribution is -1.97. The van der Waals surface area contributed by atoms with E-state index in [1.807, 2.05) is 12.1 Å². The van der Waals surface area contributed by atoms with Crippen molar-refractivity contribution in [1.82, 2.24) is 29.1 Å². The molecule has 7 nitrogen and oxygen atoms in total. The van der Waals surface area contributed by atoms with E-state index in [0.29, 0.717) is 11.6 Å². The van der Waals surface area contributed by atoms with E-state index in [9.17, 15) is 0 Å². The van der Waals surface area contributed by atoms with Gasteiger partial charge in [0, 0.05) is 76.7 Å². The van der Waals surface area contributed by atoms with Gasteiger partial charge in [-0.15, -0.1) is 0 Å². The molecule has 0 fully saturated rings. The van der Waals surface area contributed by atoms with Crippen LogP contribution >= 0.6 is 0 Å². The first kappa shape index (κ1) is 70.7. The van der Waals surface area contributed by atoms with Crippen LogP contribution in [0.1, 0.15) is 0 Å². The minimum atomic E-state index is 0.692. The van der Waals surface area contributed by atoms with E-state index in [4.69, 9.17) is 24.4 Å². The molecule has 25 rings (SSSR count). The number of rotatable bonds is 11. The standard InChI is InChI=1S/C58H35N3O.C58H37N3/c1-2-14-36(15-3-1)39-17-12-18-40(34-39)57-46-22-8-10-25-49(46)59-58(60-57)38-28-31-41(32-29-38)61-50-33-30-37-16-4-5-19-42(37)55(50)56-44-21-7-6-20-43(44)48(35-51(56)61)45-24-13-27-53-54(45)47-23-9-11-26-52(47)62-53;1-4-14-38(15-5-1)43-26-31-50-44(34-43)28-33-54-56(50)55-49-21-11-10-20-41(49)27-32-53(55)61(54)48-29-24-42(25-30-48)58-59-52-23-13-12-22-51(52)57(60-58)47-36-45(39-16-6-2-7-17-39)35-46(37-47)40-18-8-3-9-19-40/h1-35H;1-37H. The van der Waals surface area contributed by atoms with Gasteiger partial charge in [-0.1, -0.05) is 309 Å². The smallest absolute Gasteiger partial charge is 0.160 e. The number of hydrogen-bond donors (Lipinski definition) is 0. The highest BCUT2D eigenvalue weighted by molar-refractivity contribution is 6.32. The molecule has 0 atom stereocenters. The van der Waals surface area contributed by atoms with Crippen LogP contribution < -0.4 is 0 Å². The average molecular weight is 1570 g/mol. The van der Waals surface area contributed by atoms with Crippen LogP contribution in [-0.2, 0) is 0 Å². The summed E-state index contributed by atoms with van der Waals surface area (Å²) in [6.07, 6.45) is 0. The fourth-order valence-electron chi connectivity index (χ4n) is 19.0. The van der Waals surface area contributed by atoms with Crippen molar-refractivity contribution in [1.29, 1.82) is 0 Å². The Bertz CT molecular complexity index is 8470. The van der Waals surface area contributed by atoms with Crippen molar-refractivity contribution in [2.75, 3.05) is 0 Å². The zero-order valence-electron chi connectivity index (χ0n) is 66.7. The predicted octanol–water partition coefficient (Wildman–Crippen LogP) is 31.0. The summed E-state index contributed by atoms with van der Waals surface area (Å²) in [5.74, 6) is 1.39. The van der Waals surface area contributed by atoms with Gasteiger partial charge in [0.1, 0.15) is 11.2 Å². The van der Waals surface area contributed by atoms with Gasteiger partial charge in [-0.2, -0.15) is 0 Å². The highest BCUT2D eigenvalue weighted by Gasteiger charge is 2.25. The van der Waals surface area contributed by atoms with Crippen LogP contribution in [0.15, 0.2) is 441 Å². The predicted molar refractivity (Wildman–Crippen MR) is 514 cm³/mol. The molecular formula is C116H72N6O. The summed E-state index contributed by atoms with van der Waals surface area (Å²) < 4.78 is 11.3. The number of fused-ring (bicyclic) bond motifs is 19. The van der Waals surface area contributed by atoms with E-state index >= 15 is 0 Å². The zero-order chi connectivity index (χ0) is 81.0. The van der Waals surface area contributed by atoms with E-state index in [1.54, 1.807) is 0 Å². The lowest BCUT2D eigenvalue weighted by molar-refractivity contribution is 0.669. The number of hydrogen-bond acceptors (Lipinski definition) is 5. The topological polar surface area (TPSA) is 74.6 Å². The Morgan fingerprint density at radius 1 is 0.179 bits per heavy atom. The van der Waals surface area contributed by atoms with Gasteiger partial charge in [-0.25, -0.2) is 19.9 Å². The molecular weight excluding hydrogens is 1490 g/mol. The number of benzene rings is 20. The number of para-hydroxylation sites is 3. The maximum absolute atomic E-state index is 6.42. The Kier molecular flexibility index (Phi) is 16.8. The monoisotopic (exact) mass is 1560 g/mol. The quantitative estimate of drug-likeness (QED) is 0.129. The second kappa shape index (κ2) is 29.2. The van der Waals surface area contributed by atoms with E-state index < -0.39 is 0 Å². The van der Waals surface area contributed by atoms with Gasteiger partial charge in [0.25, 0.3) is 0 Å². The molecule has 572 valence electrons. The highest BCUT2D eigenvalue weighted by Crippen LogP contribution is 2.49. The van der Waals surface area contributed by atoms with E-state index in [-0.39, 0.29) is 0 Å². The molecule has 0 bridgehead atoms. The molecule has 7 heteroatoms. The first-order chi connectivity index (χ1) is 61.0. The van der Waals surface area contributed by atoms with Gasteiger partial charge in [-0.05, 0) is 226 Å².